The maximum atomic E-state index is 12.4. The molecule has 1 amide bonds. The van der Waals surface area contributed by atoms with Crippen LogP contribution in [0.15, 0.2) is 54.7 Å². The van der Waals surface area contributed by atoms with E-state index in [9.17, 15) is 4.79 Å². The second-order valence-corrected chi connectivity index (χ2v) is 6.84. The zero-order chi connectivity index (χ0) is 20.6. The third kappa shape index (κ3) is 5.99. The van der Waals surface area contributed by atoms with Gasteiger partial charge in [0.25, 0.3) is 0 Å². The number of rotatable bonds is 9. The summed E-state index contributed by atoms with van der Waals surface area (Å²) >= 11 is 6.02. The highest BCUT2D eigenvalue weighted by molar-refractivity contribution is 6.30. The Kier molecular flexibility index (Phi) is 7.14. The predicted octanol–water partition coefficient (Wildman–Crippen LogP) is 4.56. The molecule has 1 aromatic heterocycles. The number of amides is 1. The van der Waals surface area contributed by atoms with Gasteiger partial charge in [0.15, 0.2) is 17.3 Å². The molecule has 6 nitrogen and oxygen atoms in total. The van der Waals surface area contributed by atoms with Crippen LogP contribution in [-0.2, 0) is 17.8 Å². The van der Waals surface area contributed by atoms with E-state index >= 15 is 0 Å². The summed E-state index contributed by atoms with van der Waals surface area (Å²) in [4.78, 5) is 12.4. The number of hydrogen-bond donors (Lipinski definition) is 1. The van der Waals surface area contributed by atoms with Gasteiger partial charge >= 0.3 is 0 Å². The van der Waals surface area contributed by atoms with Crippen LogP contribution in [0.3, 0.4) is 0 Å². The first kappa shape index (κ1) is 20.7. The van der Waals surface area contributed by atoms with Crippen LogP contribution in [-0.4, -0.2) is 28.9 Å². The summed E-state index contributed by atoms with van der Waals surface area (Å²) in [6.07, 6.45) is 2.04. The molecule has 1 heterocycles. The molecule has 0 saturated heterocycles. The van der Waals surface area contributed by atoms with Crippen molar-refractivity contribution >= 4 is 23.3 Å². The number of carbonyl (C=O) groups is 1. The van der Waals surface area contributed by atoms with Gasteiger partial charge in [-0.3, -0.25) is 9.48 Å². The minimum Gasteiger partial charge on any atom is -0.490 e. The molecule has 0 aliphatic heterocycles. The van der Waals surface area contributed by atoms with Crippen LogP contribution in [0, 0.1) is 0 Å². The molecule has 1 N–H and O–H groups in total. The van der Waals surface area contributed by atoms with Gasteiger partial charge in [-0.05, 0) is 49.2 Å². The van der Waals surface area contributed by atoms with Crippen molar-refractivity contribution in [1.29, 1.82) is 0 Å². The molecule has 2 aromatic carbocycles. The second-order valence-electron chi connectivity index (χ2n) is 6.40. The van der Waals surface area contributed by atoms with E-state index in [1.54, 1.807) is 10.7 Å². The number of benzene rings is 2. The van der Waals surface area contributed by atoms with E-state index in [0.29, 0.717) is 42.1 Å². The van der Waals surface area contributed by atoms with E-state index in [1.165, 1.54) is 0 Å². The van der Waals surface area contributed by atoms with E-state index in [0.717, 1.165) is 11.1 Å². The van der Waals surface area contributed by atoms with Gasteiger partial charge in [-0.15, -0.1) is 0 Å². The number of anilines is 1. The van der Waals surface area contributed by atoms with Crippen molar-refractivity contribution in [2.24, 2.45) is 0 Å². The first-order chi connectivity index (χ1) is 14.1. The molecular weight excluding hydrogens is 390 g/mol. The van der Waals surface area contributed by atoms with Crippen molar-refractivity contribution in [2.45, 2.75) is 26.8 Å². The second kappa shape index (κ2) is 9.98. The molecule has 0 fully saturated rings. The van der Waals surface area contributed by atoms with Crippen LogP contribution < -0.4 is 14.8 Å². The summed E-state index contributed by atoms with van der Waals surface area (Å²) in [6, 6.07) is 14.9. The van der Waals surface area contributed by atoms with Crippen LogP contribution >= 0.6 is 11.6 Å². The molecule has 3 aromatic rings. The van der Waals surface area contributed by atoms with Crippen LogP contribution in [0.4, 0.5) is 5.82 Å². The predicted molar refractivity (Wildman–Crippen MR) is 114 cm³/mol. The number of halogens is 1. The number of nitrogens with one attached hydrogen (secondary N) is 1. The van der Waals surface area contributed by atoms with Crippen LogP contribution in [0.5, 0.6) is 11.5 Å². The Hall–Kier alpha value is -2.99. The van der Waals surface area contributed by atoms with E-state index in [2.05, 4.69) is 10.4 Å². The Morgan fingerprint density at radius 3 is 2.59 bits per heavy atom. The smallest absolute Gasteiger partial charge is 0.229 e. The first-order valence-electron chi connectivity index (χ1n) is 9.53. The highest BCUT2D eigenvalue weighted by atomic mass is 35.5. The number of nitrogens with zero attached hydrogens (tertiary/aromatic N) is 2. The van der Waals surface area contributed by atoms with Gasteiger partial charge in [0.1, 0.15) is 0 Å². The lowest BCUT2D eigenvalue weighted by atomic mass is 10.1. The van der Waals surface area contributed by atoms with Gasteiger partial charge in [-0.25, -0.2) is 0 Å². The highest BCUT2D eigenvalue weighted by Crippen LogP contribution is 2.28. The molecule has 7 heteroatoms. The zero-order valence-corrected chi connectivity index (χ0v) is 17.3. The van der Waals surface area contributed by atoms with Gasteiger partial charge in [-0.2, -0.15) is 5.10 Å². The third-order valence-corrected chi connectivity index (χ3v) is 4.35. The Labute approximate surface area is 175 Å². The first-order valence-corrected chi connectivity index (χ1v) is 9.91. The molecule has 0 unspecified atom stereocenters. The Bertz CT molecular complexity index is 971. The summed E-state index contributed by atoms with van der Waals surface area (Å²) in [7, 11) is 0. The van der Waals surface area contributed by atoms with Crippen molar-refractivity contribution in [3.63, 3.8) is 0 Å². The van der Waals surface area contributed by atoms with E-state index in [-0.39, 0.29) is 12.3 Å². The molecule has 0 spiro atoms. The summed E-state index contributed by atoms with van der Waals surface area (Å²) in [5.41, 5.74) is 1.88. The fourth-order valence-electron chi connectivity index (χ4n) is 2.92. The van der Waals surface area contributed by atoms with Crippen molar-refractivity contribution in [3.05, 3.63) is 70.9 Å². The lowest BCUT2D eigenvalue weighted by Crippen LogP contribution is -2.15. The Morgan fingerprint density at radius 1 is 1.03 bits per heavy atom. The summed E-state index contributed by atoms with van der Waals surface area (Å²) in [5, 5.41) is 7.91. The number of ether oxygens (including phenoxy) is 2. The molecule has 0 radical (unpaired) electrons. The molecule has 29 heavy (non-hydrogen) atoms. The lowest BCUT2D eigenvalue weighted by molar-refractivity contribution is -0.115. The topological polar surface area (TPSA) is 65.4 Å². The normalized spacial score (nSPS) is 10.6. The average molecular weight is 414 g/mol. The fraction of sp³-hybridized carbons (Fsp3) is 0.273. The van der Waals surface area contributed by atoms with Gasteiger partial charge in [0.05, 0.1) is 26.2 Å². The van der Waals surface area contributed by atoms with Gasteiger partial charge in [0, 0.05) is 17.3 Å². The molecule has 0 bridgehead atoms. The van der Waals surface area contributed by atoms with Gasteiger partial charge < -0.3 is 14.8 Å². The highest BCUT2D eigenvalue weighted by Gasteiger charge is 2.11. The molecule has 3 rings (SSSR count). The average Bonchev–Trinajstić information content (AvgIpc) is 3.10. The van der Waals surface area contributed by atoms with E-state index in [1.807, 2.05) is 62.5 Å². The third-order valence-electron chi connectivity index (χ3n) is 4.11. The Balaban J connectivity index is 1.61. The van der Waals surface area contributed by atoms with Crippen molar-refractivity contribution in [2.75, 3.05) is 18.5 Å². The van der Waals surface area contributed by atoms with Crippen LogP contribution in [0.1, 0.15) is 25.0 Å². The standard InChI is InChI=1S/C22H24ClN3O3/c1-3-28-19-9-8-16(13-20(19)29-4-2)14-22(27)24-21-10-11-26(25-21)15-17-6-5-7-18(23)12-17/h5-13H,3-4,14-15H2,1-2H3,(H,24,25,27). The van der Waals surface area contributed by atoms with E-state index < -0.39 is 0 Å². The summed E-state index contributed by atoms with van der Waals surface area (Å²) in [5.74, 6) is 1.68. The number of hydrogen-bond acceptors (Lipinski definition) is 4. The van der Waals surface area contributed by atoms with Crippen molar-refractivity contribution in [1.82, 2.24) is 9.78 Å². The van der Waals surface area contributed by atoms with Crippen molar-refractivity contribution in [3.8, 4) is 11.5 Å². The van der Waals surface area contributed by atoms with Crippen LogP contribution in [0.25, 0.3) is 0 Å². The molecule has 0 saturated carbocycles. The monoisotopic (exact) mass is 413 g/mol. The maximum Gasteiger partial charge on any atom is 0.229 e. The minimum absolute atomic E-state index is 0.149. The van der Waals surface area contributed by atoms with Gasteiger partial charge in [0.2, 0.25) is 5.91 Å². The fourth-order valence-corrected chi connectivity index (χ4v) is 3.13. The quantitative estimate of drug-likeness (QED) is 0.558. The molecule has 152 valence electrons. The maximum absolute atomic E-state index is 12.4. The molecule has 0 aliphatic carbocycles. The van der Waals surface area contributed by atoms with E-state index in [4.69, 9.17) is 21.1 Å². The number of carbonyl (C=O) groups excluding carboxylic acids is 1. The minimum atomic E-state index is -0.149. The Morgan fingerprint density at radius 2 is 1.83 bits per heavy atom. The molecule has 0 aliphatic rings. The summed E-state index contributed by atoms with van der Waals surface area (Å²) in [6.45, 7) is 5.49. The SMILES string of the molecule is CCOc1ccc(CC(=O)Nc2ccn(Cc3cccc(Cl)c3)n2)cc1OCC. The number of aromatic nitrogens is 2. The van der Waals surface area contributed by atoms with Gasteiger partial charge in [-0.1, -0.05) is 29.8 Å². The zero-order valence-electron chi connectivity index (χ0n) is 16.5. The lowest BCUT2D eigenvalue weighted by Gasteiger charge is -2.12. The molecular formula is C22H24ClN3O3. The van der Waals surface area contributed by atoms with Crippen molar-refractivity contribution < 1.29 is 14.3 Å². The molecule has 0 atom stereocenters. The largest absolute Gasteiger partial charge is 0.490 e. The summed E-state index contributed by atoms with van der Waals surface area (Å²) < 4.78 is 12.9. The van der Waals surface area contributed by atoms with Crippen LogP contribution in [0.2, 0.25) is 5.02 Å².